The van der Waals surface area contributed by atoms with Crippen LogP contribution in [0.2, 0.25) is 0 Å². The number of hydrogen-bond donors (Lipinski definition) is 0. The maximum Gasteiger partial charge on any atom is 0.317 e. The number of ether oxygens (including phenoxy) is 4. The molecule has 0 fully saturated rings. The highest BCUT2D eigenvalue weighted by Gasteiger charge is 2.25. The third kappa shape index (κ3) is 2.12. The SMILES string of the molecule is [O-][n+]1c(CCl)nc2cc3c(cc2c1-c1ccc2c(c1)OCO2)OCO3. The Bertz CT molecular complexity index is 1020. The molecule has 0 amide bonds. The minimum absolute atomic E-state index is 0.00850. The quantitative estimate of drug-likeness (QED) is 0.398. The van der Waals surface area contributed by atoms with E-state index >= 15 is 0 Å². The molecule has 0 saturated carbocycles. The number of fused-ring (bicyclic) bond motifs is 3. The standard InChI is InChI=1S/C17H11ClN2O5/c18-6-16-19-11-5-15-14(24-8-25-15)4-10(11)17(20(16)21)9-1-2-12-13(3-9)23-7-22-12/h1-5H,6-8H2. The van der Waals surface area contributed by atoms with E-state index in [1.807, 2.05) is 0 Å². The smallest absolute Gasteiger partial charge is 0.317 e. The summed E-state index contributed by atoms with van der Waals surface area (Å²) in [6.07, 6.45) is 0. The molecule has 0 aliphatic carbocycles. The van der Waals surface area contributed by atoms with Crippen molar-refractivity contribution in [3.63, 3.8) is 0 Å². The molecule has 3 aromatic rings. The minimum Gasteiger partial charge on any atom is -0.710 e. The van der Waals surface area contributed by atoms with E-state index in [4.69, 9.17) is 30.5 Å². The van der Waals surface area contributed by atoms with E-state index in [0.29, 0.717) is 45.2 Å². The third-order valence-corrected chi connectivity index (χ3v) is 4.44. The predicted octanol–water partition coefficient (Wildman–Crippen LogP) is 2.73. The first-order valence-electron chi connectivity index (χ1n) is 7.56. The summed E-state index contributed by atoms with van der Waals surface area (Å²) in [6.45, 7) is 0.309. The maximum absolute atomic E-state index is 12.8. The van der Waals surface area contributed by atoms with Crippen LogP contribution in [-0.2, 0) is 5.88 Å². The topological polar surface area (TPSA) is 76.8 Å². The fourth-order valence-corrected chi connectivity index (χ4v) is 3.21. The van der Waals surface area contributed by atoms with Crippen LogP contribution in [-0.4, -0.2) is 18.6 Å². The van der Waals surface area contributed by atoms with Crippen LogP contribution in [0.1, 0.15) is 5.82 Å². The Labute approximate surface area is 146 Å². The molecule has 8 heteroatoms. The van der Waals surface area contributed by atoms with Crippen LogP contribution >= 0.6 is 11.6 Å². The van der Waals surface area contributed by atoms with E-state index in [0.717, 1.165) is 4.73 Å². The van der Waals surface area contributed by atoms with Crippen LogP contribution in [0, 0.1) is 5.21 Å². The van der Waals surface area contributed by atoms with Crippen molar-refractivity contribution >= 4 is 22.5 Å². The fraction of sp³-hybridized carbons (Fsp3) is 0.176. The first-order valence-corrected chi connectivity index (χ1v) is 8.10. The van der Waals surface area contributed by atoms with Crippen molar-refractivity contribution in [2.45, 2.75) is 5.88 Å². The van der Waals surface area contributed by atoms with Gasteiger partial charge >= 0.3 is 5.82 Å². The van der Waals surface area contributed by atoms with Crippen molar-refractivity contribution in [3.8, 4) is 34.3 Å². The molecule has 2 aliphatic rings. The highest BCUT2D eigenvalue weighted by molar-refractivity contribution is 6.16. The number of nitrogens with zero attached hydrogens (tertiary/aromatic N) is 2. The van der Waals surface area contributed by atoms with Gasteiger partial charge in [0.15, 0.2) is 28.5 Å². The van der Waals surface area contributed by atoms with Crippen LogP contribution in [0.4, 0.5) is 0 Å². The van der Waals surface area contributed by atoms with E-state index in [-0.39, 0.29) is 25.3 Å². The molecule has 0 atom stereocenters. The lowest BCUT2D eigenvalue weighted by Gasteiger charge is -2.14. The number of rotatable bonds is 2. The summed E-state index contributed by atoms with van der Waals surface area (Å²) in [4.78, 5) is 4.36. The fourth-order valence-electron chi connectivity index (χ4n) is 3.04. The molecule has 126 valence electrons. The van der Waals surface area contributed by atoms with Crippen LogP contribution in [0.25, 0.3) is 22.2 Å². The van der Waals surface area contributed by atoms with Gasteiger partial charge in [0.2, 0.25) is 13.6 Å². The molecule has 0 bridgehead atoms. The van der Waals surface area contributed by atoms with E-state index < -0.39 is 0 Å². The summed E-state index contributed by atoms with van der Waals surface area (Å²) in [5.74, 6) is 2.62. The second-order valence-electron chi connectivity index (χ2n) is 5.60. The van der Waals surface area contributed by atoms with Gasteiger partial charge in [-0.2, -0.15) is 0 Å². The average molecular weight is 359 g/mol. The van der Waals surface area contributed by atoms with Crippen LogP contribution < -0.4 is 23.7 Å². The number of hydrogen-bond acceptors (Lipinski definition) is 6. The van der Waals surface area contributed by atoms with Gasteiger partial charge in [0.1, 0.15) is 11.6 Å². The summed E-state index contributed by atoms with van der Waals surface area (Å²) < 4.78 is 22.3. The van der Waals surface area contributed by atoms with Crippen molar-refractivity contribution in [2.75, 3.05) is 13.6 Å². The number of aromatic nitrogens is 2. The second kappa shape index (κ2) is 5.29. The molecule has 0 spiro atoms. The first kappa shape index (κ1) is 14.4. The molecule has 7 nitrogen and oxygen atoms in total. The Morgan fingerprint density at radius 1 is 0.960 bits per heavy atom. The van der Waals surface area contributed by atoms with Gasteiger partial charge in [-0.05, 0) is 23.2 Å². The molecule has 2 aliphatic heterocycles. The molecule has 25 heavy (non-hydrogen) atoms. The van der Waals surface area contributed by atoms with Gasteiger partial charge in [0, 0.05) is 17.7 Å². The summed E-state index contributed by atoms with van der Waals surface area (Å²) >= 11 is 5.92. The van der Waals surface area contributed by atoms with Crippen molar-refractivity contribution < 1.29 is 23.7 Å². The molecule has 0 unspecified atom stereocenters. The Hall–Kier alpha value is -2.93. The van der Waals surface area contributed by atoms with Crippen LogP contribution in [0.3, 0.4) is 0 Å². The Morgan fingerprint density at radius 2 is 1.64 bits per heavy atom. The Balaban J connectivity index is 1.82. The number of benzene rings is 2. The van der Waals surface area contributed by atoms with Gasteiger partial charge in [-0.15, -0.1) is 11.6 Å². The highest BCUT2D eigenvalue weighted by Crippen LogP contribution is 2.40. The molecule has 5 rings (SSSR count). The summed E-state index contributed by atoms with van der Waals surface area (Å²) in [5.41, 5.74) is 1.72. The van der Waals surface area contributed by atoms with Crippen molar-refractivity contribution in [3.05, 3.63) is 41.4 Å². The monoisotopic (exact) mass is 358 g/mol. The third-order valence-electron chi connectivity index (χ3n) is 4.20. The average Bonchev–Trinajstić information content (AvgIpc) is 3.27. The Kier molecular flexibility index (Phi) is 3.05. The normalized spacial score (nSPS) is 14.3. The van der Waals surface area contributed by atoms with Gasteiger partial charge < -0.3 is 24.2 Å². The van der Waals surface area contributed by atoms with Gasteiger partial charge in [-0.25, -0.2) is 4.73 Å². The zero-order chi connectivity index (χ0) is 17.0. The van der Waals surface area contributed by atoms with Gasteiger partial charge in [0.05, 0.1) is 5.39 Å². The van der Waals surface area contributed by atoms with Gasteiger partial charge in [0.25, 0.3) is 0 Å². The van der Waals surface area contributed by atoms with Crippen LogP contribution in [0.5, 0.6) is 23.0 Å². The Morgan fingerprint density at radius 3 is 2.40 bits per heavy atom. The van der Waals surface area contributed by atoms with E-state index in [1.54, 1.807) is 30.3 Å². The largest absolute Gasteiger partial charge is 0.710 e. The van der Waals surface area contributed by atoms with E-state index in [1.165, 1.54) is 0 Å². The zero-order valence-corrected chi connectivity index (χ0v) is 13.6. The molecular weight excluding hydrogens is 348 g/mol. The van der Waals surface area contributed by atoms with E-state index in [2.05, 4.69) is 4.98 Å². The van der Waals surface area contributed by atoms with Gasteiger partial charge in [-0.3, -0.25) is 0 Å². The van der Waals surface area contributed by atoms with E-state index in [9.17, 15) is 5.21 Å². The van der Waals surface area contributed by atoms with Crippen molar-refractivity contribution in [1.29, 1.82) is 0 Å². The molecular formula is C17H11ClN2O5. The van der Waals surface area contributed by atoms with Crippen LogP contribution in [0.15, 0.2) is 30.3 Å². The lowest BCUT2D eigenvalue weighted by atomic mass is 10.0. The number of alkyl halides is 1. The molecule has 2 aromatic carbocycles. The summed E-state index contributed by atoms with van der Waals surface area (Å²) in [7, 11) is 0. The minimum atomic E-state index is -0.00850. The molecule has 0 N–H and O–H groups in total. The van der Waals surface area contributed by atoms with Crippen molar-refractivity contribution in [1.82, 2.24) is 4.98 Å². The predicted molar refractivity (Wildman–Crippen MR) is 87.9 cm³/mol. The molecule has 0 radical (unpaired) electrons. The highest BCUT2D eigenvalue weighted by atomic mass is 35.5. The number of halogens is 1. The molecule has 0 saturated heterocycles. The molecule has 1 aromatic heterocycles. The zero-order valence-electron chi connectivity index (χ0n) is 12.8. The lowest BCUT2D eigenvalue weighted by molar-refractivity contribution is -0.603. The second-order valence-corrected chi connectivity index (χ2v) is 5.86. The van der Waals surface area contributed by atoms with Gasteiger partial charge in [-0.1, -0.05) is 0 Å². The summed E-state index contributed by atoms with van der Waals surface area (Å²) in [6, 6.07) is 8.87. The lowest BCUT2D eigenvalue weighted by Crippen LogP contribution is -2.35. The maximum atomic E-state index is 12.8. The summed E-state index contributed by atoms with van der Waals surface area (Å²) in [5, 5.41) is 13.5. The first-order chi connectivity index (χ1) is 12.2. The molecule has 3 heterocycles. The van der Waals surface area contributed by atoms with Crippen molar-refractivity contribution in [2.24, 2.45) is 0 Å².